The standard InChI is InChI=1S/C11H14FN5O4/c12-5-4(1-11(21,2-18)7(5)19)17-3-14-6-8(17)15-10(13)16-9(6)20/h3-5,7,18-19,21H,1-2H2,(H3,13,15,16,20). The molecule has 0 spiro atoms. The maximum Gasteiger partial charge on any atom is 0.280 e. The lowest BCUT2D eigenvalue weighted by Crippen LogP contribution is -2.44. The minimum atomic E-state index is -1.95. The van der Waals surface area contributed by atoms with Gasteiger partial charge >= 0.3 is 0 Å². The molecule has 1 aliphatic carbocycles. The van der Waals surface area contributed by atoms with E-state index >= 15 is 0 Å². The van der Waals surface area contributed by atoms with Crippen LogP contribution in [0.1, 0.15) is 12.5 Å². The van der Waals surface area contributed by atoms with Crippen molar-refractivity contribution in [3.05, 3.63) is 16.7 Å². The number of imidazole rings is 1. The third-order valence-electron chi connectivity index (χ3n) is 3.86. The number of aliphatic hydroxyl groups is 3. The van der Waals surface area contributed by atoms with Crippen LogP contribution in [0.15, 0.2) is 11.1 Å². The van der Waals surface area contributed by atoms with E-state index in [2.05, 4.69) is 15.0 Å². The number of anilines is 1. The molecule has 6 N–H and O–H groups in total. The van der Waals surface area contributed by atoms with Crippen molar-refractivity contribution < 1.29 is 19.7 Å². The molecule has 0 saturated heterocycles. The zero-order chi connectivity index (χ0) is 15.4. The zero-order valence-corrected chi connectivity index (χ0v) is 10.8. The molecule has 0 aromatic carbocycles. The van der Waals surface area contributed by atoms with Crippen LogP contribution in [0.25, 0.3) is 11.2 Å². The van der Waals surface area contributed by atoms with Crippen LogP contribution >= 0.6 is 0 Å². The molecule has 21 heavy (non-hydrogen) atoms. The van der Waals surface area contributed by atoms with Crippen molar-refractivity contribution in [2.75, 3.05) is 12.3 Å². The number of nitrogen functional groups attached to an aromatic ring is 1. The summed E-state index contributed by atoms with van der Waals surface area (Å²) < 4.78 is 15.5. The number of aromatic amines is 1. The number of fused-ring (bicyclic) bond motifs is 1. The average molecular weight is 299 g/mol. The molecule has 1 saturated carbocycles. The quantitative estimate of drug-likeness (QED) is 0.433. The maximum absolute atomic E-state index is 14.2. The fraction of sp³-hybridized carbons (Fsp3) is 0.545. The highest BCUT2D eigenvalue weighted by atomic mass is 19.1. The Bertz CT molecular complexity index is 746. The van der Waals surface area contributed by atoms with E-state index in [0.29, 0.717) is 0 Å². The number of nitrogens with zero attached hydrogens (tertiary/aromatic N) is 3. The first-order chi connectivity index (χ1) is 9.87. The van der Waals surface area contributed by atoms with Crippen LogP contribution in [0.3, 0.4) is 0 Å². The van der Waals surface area contributed by atoms with E-state index in [0.717, 1.165) is 0 Å². The van der Waals surface area contributed by atoms with Gasteiger partial charge < -0.3 is 25.6 Å². The smallest absolute Gasteiger partial charge is 0.280 e. The van der Waals surface area contributed by atoms with Gasteiger partial charge in [-0.05, 0) is 0 Å². The third kappa shape index (κ3) is 1.91. The predicted molar refractivity (Wildman–Crippen MR) is 69.2 cm³/mol. The number of nitrogens with one attached hydrogen (secondary N) is 1. The van der Waals surface area contributed by atoms with Crippen molar-refractivity contribution in [2.24, 2.45) is 0 Å². The predicted octanol–water partition coefficient (Wildman–Crippen LogP) is -1.93. The highest BCUT2D eigenvalue weighted by Gasteiger charge is 2.53. The second kappa shape index (κ2) is 4.48. The number of aliphatic hydroxyl groups excluding tert-OH is 2. The Morgan fingerprint density at radius 1 is 1.62 bits per heavy atom. The number of H-pyrrole nitrogens is 1. The molecule has 10 heteroatoms. The van der Waals surface area contributed by atoms with Crippen LogP contribution in [0.2, 0.25) is 0 Å². The van der Waals surface area contributed by atoms with E-state index in [9.17, 15) is 19.4 Å². The molecule has 4 atom stereocenters. The number of nitrogens with two attached hydrogens (primary N) is 1. The van der Waals surface area contributed by atoms with Gasteiger partial charge in [0.1, 0.15) is 17.9 Å². The molecule has 1 fully saturated rings. The topological polar surface area (TPSA) is 150 Å². The van der Waals surface area contributed by atoms with Gasteiger partial charge in [-0.3, -0.25) is 9.78 Å². The number of rotatable bonds is 2. The molecule has 2 aromatic heterocycles. The fourth-order valence-corrected chi connectivity index (χ4v) is 2.70. The molecule has 0 aliphatic heterocycles. The van der Waals surface area contributed by atoms with Gasteiger partial charge in [0.15, 0.2) is 11.2 Å². The summed E-state index contributed by atoms with van der Waals surface area (Å²) in [5.41, 5.74) is 2.97. The van der Waals surface area contributed by atoms with Crippen molar-refractivity contribution in [1.82, 2.24) is 19.5 Å². The first-order valence-electron chi connectivity index (χ1n) is 6.25. The normalized spacial score (nSPS) is 32.9. The molecule has 3 rings (SSSR count). The minimum Gasteiger partial charge on any atom is -0.393 e. The molecule has 9 nitrogen and oxygen atoms in total. The number of aromatic nitrogens is 4. The van der Waals surface area contributed by atoms with Gasteiger partial charge in [-0.2, -0.15) is 4.98 Å². The van der Waals surface area contributed by atoms with E-state index in [-0.39, 0.29) is 23.5 Å². The summed E-state index contributed by atoms with van der Waals surface area (Å²) in [6, 6.07) is -1.02. The van der Waals surface area contributed by atoms with Crippen molar-refractivity contribution in [2.45, 2.75) is 30.3 Å². The van der Waals surface area contributed by atoms with Gasteiger partial charge in [-0.1, -0.05) is 0 Å². The van der Waals surface area contributed by atoms with E-state index < -0.39 is 36.1 Å². The molecular formula is C11H14FN5O4. The lowest BCUT2D eigenvalue weighted by Gasteiger charge is -2.23. The average Bonchev–Trinajstić information content (AvgIpc) is 2.95. The second-order valence-corrected chi connectivity index (χ2v) is 5.20. The van der Waals surface area contributed by atoms with E-state index in [1.54, 1.807) is 0 Å². The van der Waals surface area contributed by atoms with Gasteiger partial charge in [0.05, 0.1) is 19.0 Å². The summed E-state index contributed by atoms with van der Waals surface area (Å²) >= 11 is 0. The lowest BCUT2D eigenvalue weighted by molar-refractivity contribution is -0.0994. The van der Waals surface area contributed by atoms with Gasteiger partial charge in [-0.25, -0.2) is 9.37 Å². The Hall–Kier alpha value is -2.04. The van der Waals surface area contributed by atoms with Crippen molar-refractivity contribution in [3.63, 3.8) is 0 Å². The summed E-state index contributed by atoms with van der Waals surface area (Å²) in [5.74, 6) is -0.152. The summed E-state index contributed by atoms with van der Waals surface area (Å²) in [6.45, 7) is -0.784. The summed E-state index contributed by atoms with van der Waals surface area (Å²) in [4.78, 5) is 21.7. The van der Waals surface area contributed by atoms with Crippen LogP contribution in [0.5, 0.6) is 0 Å². The third-order valence-corrected chi connectivity index (χ3v) is 3.86. The molecule has 114 valence electrons. The zero-order valence-electron chi connectivity index (χ0n) is 10.8. The van der Waals surface area contributed by atoms with Crippen LogP contribution in [-0.4, -0.2) is 59.3 Å². The van der Waals surface area contributed by atoms with E-state index in [1.165, 1.54) is 10.9 Å². The molecule has 1 aliphatic rings. The lowest BCUT2D eigenvalue weighted by atomic mass is 10.0. The molecule has 2 heterocycles. The van der Waals surface area contributed by atoms with E-state index in [1.807, 2.05) is 0 Å². The van der Waals surface area contributed by atoms with E-state index in [4.69, 9.17) is 10.8 Å². The largest absolute Gasteiger partial charge is 0.393 e. The maximum atomic E-state index is 14.2. The number of halogens is 1. The molecule has 2 aromatic rings. The first kappa shape index (κ1) is 13.9. The summed E-state index contributed by atoms with van der Waals surface area (Å²) in [5, 5.41) is 28.9. The number of hydrogen-bond donors (Lipinski definition) is 5. The highest BCUT2D eigenvalue weighted by molar-refractivity contribution is 5.70. The summed E-state index contributed by atoms with van der Waals surface area (Å²) in [7, 11) is 0. The summed E-state index contributed by atoms with van der Waals surface area (Å²) in [6.07, 6.45) is -2.64. The van der Waals surface area contributed by atoms with Crippen molar-refractivity contribution >= 4 is 17.1 Å². The Morgan fingerprint density at radius 3 is 2.95 bits per heavy atom. The van der Waals surface area contributed by atoms with Crippen molar-refractivity contribution in [1.29, 1.82) is 0 Å². The van der Waals surface area contributed by atoms with Crippen LogP contribution < -0.4 is 11.3 Å². The Morgan fingerprint density at radius 2 is 2.33 bits per heavy atom. The monoisotopic (exact) mass is 299 g/mol. The molecule has 0 bridgehead atoms. The van der Waals surface area contributed by atoms with Gasteiger partial charge in [-0.15, -0.1) is 0 Å². The Balaban J connectivity index is 2.12. The number of alkyl halides is 1. The number of hydrogen-bond acceptors (Lipinski definition) is 7. The van der Waals surface area contributed by atoms with Gasteiger partial charge in [0.25, 0.3) is 5.56 Å². The van der Waals surface area contributed by atoms with Crippen LogP contribution in [0.4, 0.5) is 10.3 Å². The van der Waals surface area contributed by atoms with Crippen molar-refractivity contribution in [3.8, 4) is 0 Å². The molecule has 0 amide bonds. The minimum absolute atomic E-state index is 0.0228. The van der Waals surface area contributed by atoms with Crippen LogP contribution in [-0.2, 0) is 0 Å². The Kier molecular flexibility index (Phi) is 2.97. The van der Waals surface area contributed by atoms with Gasteiger partial charge in [0.2, 0.25) is 5.95 Å². The molecule has 0 radical (unpaired) electrons. The SMILES string of the molecule is Nc1nc2c(ncn2C2CC(O)(CO)C(O)C2F)c(=O)[nH]1. The Labute approximate surface area is 116 Å². The fourth-order valence-electron chi connectivity index (χ4n) is 2.70. The molecule has 4 unspecified atom stereocenters. The highest BCUT2D eigenvalue weighted by Crippen LogP contribution is 2.40. The first-order valence-corrected chi connectivity index (χ1v) is 6.25. The second-order valence-electron chi connectivity index (χ2n) is 5.20. The molecular weight excluding hydrogens is 285 g/mol. The van der Waals surface area contributed by atoms with Gasteiger partial charge in [0, 0.05) is 6.42 Å². The van der Waals surface area contributed by atoms with Crippen LogP contribution in [0, 0.1) is 0 Å².